The number of benzene rings is 1. The fourth-order valence-electron chi connectivity index (χ4n) is 2.46. The Morgan fingerprint density at radius 1 is 1.47 bits per heavy atom. The van der Waals surface area contributed by atoms with Crippen molar-refractivity contribution in [3.63, 3.8) is 0 Å². The van der Waals surface area contributed by atoms with Gasteiger partial charge in [-0.3, -0.25) is 4.79 Å². The molecule has 2 rings (SSSR count). The minimum Gasteiger partial charge on any atom is -0.396 e. The standard InChI is InChI=1S/C14H19FN2O2/c15-12-7-10(4-5-13(12)16)14(19)17-8-9-2-1-3-11(18)6-9/h4-5,7,9,11,18H,1-3,6,8,16H2,(H,17,19). The summed E-state index contributed by atoms with van der Waals surface area (Å²) >= 11 is 0. The molecule has 1 aromatic rings. The zero-order valence-corrected chi connectivity index (χ0v) is 10.7. The van der Waals surface area contributed by atoms with Gasteiger partial charge in [-0.15, -0.1) is 0 Å². The number of halogens is 1. The Bertz CT molecular complexity index is 465. The van der Waals surface area contributed by atoms with Crippen molar-refractivity contribution < 1.29 is 14.3 Å². The van der Waals surface area contributed by atoms with Crippen LogP contribution in [0.1, 0.15) is 36.0 Å². The van der Waals surface area contributed by atoms with Crippen molar-refractivity contribution in [3.05, 3.63) is 29.6 Å². The van der Waals surface area contributed by atoms with Crippen LogP contribution in [0.25, 0.3) is 0 Å². The Morgan fingerprint density at radius 3 is 2.95 bits per heavy atom. The summed E-state index contributed by atoms with van der Waals surface area (Å²) in [5, 5.41) is 12.3. The highest BCUT2D eigenvalue weighted by atomic mass is 19.1. The summed E-state index contributed by atoms with van der Waals surface area (Å²) in [6.07, 6.45) is 3.29. The maximum atomic E-state index is 13.2. The summed E-state index contributed by atoms with van der Waals surface area (Å²) < 4.78 is 13.2. The molecular formula is C14H19FN2O2. The fraction of sp³-hybridized carbons (Fsp3) is 0.500. The van der Waals surface area contributed by atoms with Crippen molar-refractivity contribution in [2.24, 2.45) is 5.92 Å². The monoisotopic (exact) mass is 266 g/mol. The molecule has 2 unspecified atom stereocenters. The third-order valence-electron chi connectivity index (χ3n) is 3.57. The lowest BCUT2D eigenvalue weighted by Crippen LogP contribution is -2.33. The Hall–Kier alpha value is -1.62. The number of aliphatic hydroxyl groups excluding tert-OH is 1. The molecule has 0 saturated heterocycles. The van der Waals surface area contributed by atoms with E-state index in [1.807, 2.05) is 0 Å². The number of nitrogens with one attached hydrogen (secondary N) is 1. The van der Waals surface area contributed by atoms with Crippen LogP contribution in [0.5, 0.6) is 0 Å². The van der Waals surface area contributed by atoms with Gasteiger partial charge in [0.25, 0.3) is 5.91 Å². The fourth-order valence-corrected chi connectivity index (χ4v) is 2.46. The quantitative estimate of drug-likeness (QED) is 0.729. The van der Waals surface area contributed by atoms with Crippen molar-refractivity contribution >= 4 is 11.6 Å². The van der Waals surface area contributed by atoms with Crippen molar-refractivity contribution in [2.75, 3.05) is 12.3 Å². The smallest absolute Gasteiger partial charge is 0.251 e. The second-order valence-corrected chi connectivity index (χ2v) is 5.13. The average Bonchev–Trinajstić information content (AvgIpc) is 2.39. The minimum absolute atomic E-state index is 0.0342. The number of nitrogens with two attached hydrogens (primary N) is 1. The number of aliphatic hydroxyl groups is 1. The number of anilines is 1. The van der Waals surface area contributed by atoms with Gasteiger partial charge in [0.05, 0.1) is 11.8 Å². The first-order chi connectivity index (χ1) is 9.06. The van der Waals surface area contributed by atoms with Crippen molar-refractivity contribution in [2.45, 2.75) is 31.8 Å². The third-order valence-corrected chi connectivity index (χ3v) is 3.57. The summed E-state index contributed by atoms with van der Waals surface area (Å²) in [5.41, 5.74) is 5.66. The highest BCUT2D eigenvalue weighted by Crippen LogP contribution is 2.23. The molecule has 0 radical (unpaired) electrons. The SMILES string of the molecule is Nc1ccc(C(=O)NCC2CCCC(O)C2)cc1F. The molecule has 2 atom stereocenters. The van der Waals surface area contributed by atoms with E-state index >= 15 is 0 Å². The molecule has 1 aliphatic rings. The molecule has 0 spiro atoms. The Balaban J connectivity index is 1.88. The summed E-state index contributed by atoms with van der Waals surface area (Å²) in [6.45, 7) is 0.516. The molecule has 19 heavy (non-hydrogen) atoms. The Morgan fingerprint density at radius 2 is 2.26 bits per heavy atom. The molecule has 0 heterocycles. The molecule has 1 amide bonds. The van der Waals surface area contributed by atoms with Crippen molar-refractivity contribution in [1.82, 2.24) is 5.32 Å². The van der Waals surface area contributed by atoms with Crippen molar-refractivity contribution in [1.29, 1.82) is 0 Å². The lowest BCUT2D eigenvalue weighted by Gasteiger charge is -2.25. The van der Waals surface area contributed by atoms with Gasteiger partial charge in [0.1, 0.15) is 5.82 Å². The summed E-state index contributed by atoms with van der Waals surface area (Å²) in [5.74, 6) is -0.592. The molecule has 4 nitrogen and oxygen atoms in total. The molecule has 1 aliphatic carbocycles. The third kappa shape index (κ3) is 3.67. The van der Waals surface area contributed by atoms with Gasteiger partial charge in [-0.1, -0.05) is 6.42 Å². The number of rotatable bonds is 3. The second-order valence-electron chi connectivity index (χ2n) is 5.13. The van der Waals surface area contributed by atoms with Gasteiger partial charge < -0.3 is 16.2 Å². The van der Waals surface area contributed by atoms with E-state index in [9.17, 15) is 14.3 Å². The van der Waals surface area contributed by atoms with Crippen LogP contribution in [-0.4, -0.2) is 23.7 Å². The van der Waals surface area contributed by atoms with Crippen LogP contribution >= 0.6 is 0 Å². The van der Waals surface area contributed by atoms with Gasteiger partial charge in [0.15, 0.2) is 0 Å². The van der Waals surface area contributed by atoms with Gasteiger partial charge >= 0.3 is 0 Å². The molecule has 5 heteroatoms. The van der Waals surface area contributed by atoms with E-state index < -0.39 is 5.82 Å². The number of carbonyl (C=O) groups is 1. The first kappa shape index (κ1) is 13.8. The molecular weight excluding hydrogens is 247 g/mol. The summed E-state index contributed by atoms with van der Waals surface area (Å²) in [4.78, 5) is 11.9. The number of amides is 1. The predicted octanol–water partition coefficient (Wildman–Crippen LogP) is 1.69. The van der Waals surface area contributed by atoms with Gasteiger partial charge in [-0.05, 0) is 43.4 Å². The molecule has 104 valence electrons. The van der Waals surface area contributed by atoms with Crippen LogP contribution in [0.15, 0.2) is 18.2 Å². The van der Waals surface area contributed by atoms with Crippen LogP contribution in [0, 0.1) is 11.7 Å². The zero-order valence-electron chi connectivity index (χ0n) is 10.7. The van der Waals surface area contributed by atoms with Gasteiger partial charge in [0, 0.05) is 12.1 Å². The van der Waals surface area contributed by atoms with E-state index in [0.29, 0.717) is 12.5 Å². The predicted molar refractivity (Wildman–Crippen MR) is 71.1 cm³/mol. The number of hydrogen-bond acceptors (Lipinski definition) is 3. The molecule has 0 bridgehead atoms. The largest absolute Gasteiger partial charge is 0.396 e. The van der Waals surface area contributed by atoms with E-state index in [0.717, 1.165) is 31.7 Å². The number of hydrogen-bond donors (Lipinski definition) is 3. The van der Waals surface area contributed by atoms with Crippen LogP contribution < -0.4 is 11.1 Å². The molecule has 1 fully saturated rings. The normalized spacial score (nSPS) is 23.1. The summed E-state index contributed by atoms with van der Waals surface area (Å²) in [6, 6.07) is 4.03. The Kier molecular flexibility index (Phi) is 4.37. The van der Waals surface area contributed by atoms with Crippen molar-refractivity contribution in [3.8, 4) is 0 Å². The number of carbonyl (C=O) groups excluding carboxylic acids is 1. The van der Waals surface area contributed by atoms with E-state index in [1.54, 1.807) is 0 Å². The molecule has 1 saturated carbocycles. The van der Waals surface area contributed by atoms with Crippen LogP contribution in [0.3, 0.4) is 0 Å². The maximum Gasteiger partial charge on any atom is 0.251 e. The second kappa shape index (κ2) is 6.02. The summed E-state index contributed by atoms with van der Waals surface area (Å²) in [7, 11) is 0. The topological polar surface area (TPSA) is 75.4 Å². The first-order valence-corrected chi connectivity index (χ1v) is 6.57. The van der Waals surface area contributed by atoms with Gasteiger partial charge in [-0.2, -0.15) is 0 Å². The molecule has 1 aromatic carbocycles. The highest BCUT2D eigenvalue weighted by Gasteiger charge is 2.20. The lowest BCUT2D eigenvalue weighted by molar-refractivity contribution is 0.0873. The van der Waals surface area contributed by atoms with Crippen LogP contribution in [-0.2, 0) is 0 Å². The van der Waals surface area contributed by atoms with Crippen LogP contribution in [0.4, 0.5) is 10.1 Å². The van der Waals surface area contributed by atoms with E-state index in [-0.39, 0.29) is 23.3 Å². The average molecular weight is 266 g/mol. The molecule has 4 N–H and O–H groups in total. The lowest BCUT2D eigenvalue weighted by atomic mass is 9.87. The van der Waals surface area contributed by atoms with Crippen LogP contribution in [0.2, 0.25) is 0 Å². The number of nitrogen functional groups attached to an aromatic ring is 1. The Labute approximate surface area is 111 Å². The minimum atomic E-state index is -0.583. The zero-order chi connectivity index (χ0) is 13.8. The highest BCUT2D eigenvalue weighted by molar-refractivity contribution is 5.94. The van der Waals surface area contributed by atoms with E-state index in [2.05, 4.69) is 5.32 Å². The first-order valence-electron chi connectivity index (χ1n) is 6.57. The van der Waals surface area contributed by atoms with Gasteiger partial charge in [0.2, 0.25) is 0 Å². The van der Waals surface area contributed by atoms with E-state index in [1.165, 1.54) is 12.1 Å². The van der Waals surface area contributed by atoms with E-state index in [4.69, 9.17) is 5.73 Å². The maximum absolute atomic E-state index is 13.2. The molecule has 0 aliphatic heterocycles. The molecule has 0 aromatic heterocycles. The van der Waals surface area contributed by atoms with Gasteiger partial charge in [-0.25, -0.2) is 4.39 Å².